The lowest BCUT2D eigenvalue weighted by molar-refractivity contribution is -0.138. The van der Waals surface area contributed by atoms with Crippen molar-refractivity contribution < 1.29 is 33.3 Å². The van der Waals surface area contributed by atoms with Crippen molar-refractivity contribution >= 4 is 18.1 Å². The minimum Gasteiger partial charge on any atom is -0.462 e. The van der Waals surface area contributed by atoms with Crippen molar-refractivity contribution in [3.8, 4) is 0 Å². The van der Waals surface area contributed by atoms with Crippen LogP contribution in [-0.4, -0.2) is 44.5 Å². The predicted molar refractivity (Wildman–Crippen MR) is 82.3 cm³/mol. The van der Waals surface area contributed by atoms with Crippen molar-refractivity contribution in [2.75, 3.05) is 26.4 Å². The van der Waals surface area contributed by atoms with Crippen molar-refractivity contribution in [3.05, 3.63) is 25.3 Å². The summed E-state index contributed by atoms with van der Waals surface area (Å²) in [6.07, 6.45) is 2.01. The summed E-state index contributed by atoms with van der Waals surface area (Å²) in [5, 5.41) is 0. The maximum atomic E-state index is 11.1. The maximum absolute atomic E-state index is 11.1. The van der Waals surface area contributed by atoms with Gasteiger partial charge in [-0.2, -0.15) is 0 Å². The van der Waals surface area contributed by atoms with Gasteiger partial charge in [0.25, 0.3) is 0 Å². The molecule has 0 fully saturated rings. The summed E-state index contributed by atoms with van der Waals surface area (Å²) >= 11 is 0. The van der Waals surface area contributed by atoms with E-state index in [1.54, 1.807) is 0 Å². The van der Waals surface area contributed by atoms with Crippen LogP contribution in [0.15, 0.2) is 25.3 Å². The summed E-state index contributed by atoms with van der Waals surface area (Å²) in [6, 6.07) is 0. The fourth-order valence-electron chi connectivity index (χ4n) is 0.934. The third-order valence-corrected chi connectivity index (χ3v) is 1.84. The fraction of sp³-hybridized carbons (Fsp3) is 0.533. The number of esters is 2. The molecule has 0 aromatic rings. The van der Waals surface area contributed by atoms with E-state index >= 15 is 0 Å². The zero-order valence-electron chi connectivity index (χ0n) is 11.2. The van der Waals surface area contributed by atoms with Gasteiger partial charge >= 0.3 is 18.1 Å². The normalized spacial score (nSPS) is 8.36. The Morgan fingerprint density at radius 3 is 1.32 bits per heavy atom. The molecule has 0 bridgehead atoms. The maximum Gasteiger partial charge on any atom is 0.508 e. The number of hydrogen-bond acceptors (Lipinski definition) is 7. The van der Waals surface area contributed by atoms with Gasteiger partial charge in [0.05, 0.1) is 26.4 Å². The van der Waals surface area contributed by atoms with E-state index in [0.29, 0.717) is 12.8 Å². The van der Waals surface area contributed by atoms with Gasteiger partial charge in [0.15, 0.2) is 0 Å². The molecule has 0 aromatic carbocycles. The smallest absolute Gasteiger partial charge is 0.462 e. The summed E-state index contributed by atoms with van der Waals surface area (Å²) < 4.78 is 18.8. The Hall–Kier alpha value is -2.31. The lowest BCUT2D eigenvalue weighted by Crippen LogP contribution is -2.13. The monoisotopic (exact) mass is 318 g/mol. The zero-order valence-corrected chi connectivity index (χ0v) is 11.2. The Kier molecular flexibility index (Phi) is 18.8. The molecule has 0 amide bonds. The lowest BCUT2D eigenvalue weighted by Gasteiger charge is -2.06. The van der Waals surface area contributed by atoms with Gasteiger partial charge in [-0.1, -0.05) is 28.0 Å². The number of carbonyl (C=O) groups excluding carboxylic acids is 3. The Labute approximate surface area is 131 Å². The van der Waals surface area contributed by atoms with Gasteiger partial charge in [-0.15, -0.1) is 0 Å². The van der Waals surface area contributed by atoms with E-state index in [4.69, 9.17) is 9.47 Å². The molecule has 0 aromatic heterocycles. The third-order valence-electron chi connectivity index (χ3n) is 1.84. The zero-order chi connectivity index (χ0) is 15.2. The largest absolute Gasteiger partial charge is 0.508 e. The average molecular weight is 318 g/mol. The minimum atomic E-state index is -0.824. The van der Waals surface area contributed by atoms with Crippen LogP contribution in [0.2, 0.25) is 0 Å². The molecule has 0 saturated carbocycles. The molecule has 7 nitrogen and oxygen atoms in total. The van der Waals surface area contributed by atoms with Crippen LogP contribution in [-0.2, 0) is 28.5 Å². The highest BCUT2D eigenvalue weighted by molar-refractivity contribution is 5.81. The van der Waals surface area contributed by atoms with Crippen LogP contribution in [0.5, 0.6) is 0 Å². The van der Waals surface area contributed by atoms with Gasteiger partial charge in [0.2, 0.25) is 0 Å². The van der Waals surface area contributed by atoms with Gasteiger partial charge in [0, 0.05) is 25.0 Å². The second-order valence-electron chi connectivity index (χ2n) is 3.40. The van der Waals surface area contributed by atoms with Crippen molar-refractivity contribution in [1.82, 2.24) is 0 Å². The Morgan fingerprint density at radius 1 is 0.682 bits per heavy atom. The number of carbonyl (C=O) groups is 3. The first-order chi connectivity index (χ1) is 9.60. The molecule has 0 N–H and O–H groups in total. The van der Waals surface area contributed by atoms with Crippen molar-refractivity contribution in [2.45, 2.75) is 27.7 Å². The molecule has 0 rings (SSSR count). The van der Waals surface area contributed by atoms with Crippen LogP contribution in [0.4, 0.5) is 4.79 Å². The molecule has 0 radical (unpaired) electrons. The third kappa shape index (κ3) is 15.7. The van der Waals surface area contributed by atoms with Crippen LogP contribution in [0.25, 0.3) is 0 Å². The second kappa shape index (κ2) is 16.7. The van der Waals surface area contributed by atoms with Crippen molar-refractivity contribution in [2.24, 2.45) is 0 Å². The van der Waals surface area contributed by atoms with E-state index in [-0.39, 0.29) is 41.3 Å². The van der Waals surface area contributed by atoms with E-state index in [2.05, 4.69) is 22.6 Å². The van der Waals surface area contributed by atoms with E-state index in [1.165, 1.54) is 0 Å². The Bertz CT molecular complexity index is 318. The first-order valence-electron chi connectivity index (χ1n) is 5.98. The number of hydrogen-bond donors (Lipinski definition) is 0. The van der Waals surface area contributed by atoms with Crippen LogP contribution >= 0.6 is 0 Å². The quantitative estimate of drug-likeness (QED) is 0.265. The van der Waals surface area contributed by atoms with Crippen molar-refractivity contribution in [1.29, 1.82) is 0 Å². The predicted octanol–water partition coefficient (Wildman–Crippen LogP) is 2.65. The number of ether oxygens (including phenoxy) is 4. The van der Waals surface area contributed by atoms with Gasteiger partial charge in [-0.3, -0.25) is 0 Å². The topological polar surface area (TPSA) is 88.1 Å². The second-order valence-corrected chi connectivity index (χ2v) is 3.40. The van der Waals surface area contributed by atoms with Gasteiger partial charge in [-0.05, 0) is 0 Å². The molecule has 7 heteroatoms. The molecule has 0 aliphatic heterocycles. The highest BCUT2D eigenvalue weighted by Gasteiger charge is 2.04. The Morgan fingerprint density at radius 2 is 1.00 bits per heavy atom. The molecule has 0 spiro atoms. The molecule has 0 saturated heterocycles. The fourth-order valence-corrected chi connectivity index (χ4v) is 0.934. The standard InChI is InChI=1S/C13H18O7.2CH4/c1-3-11(14)17-7-5-9-19-13(16)20-10-6-8-18-12(15)4-2;;/h3-4H,1-2,5-10H2;2*1H4. The SMILES string of the molecule is C.C.C=CC(=O)OCCCOC(=O)OCCCOC(=O)C=C. The summed E-state index contributed by atoms with van der Waals surface area (Å²) in [7, 11) is 0. The molecule has 0 atom stereocenters. The lowest BCUT2D eigenvalue weighted by atomic mass is 10.5. The molecule has 0 aliphatic rings. The molecule has 22 heavy (non-hydrogen) atoms. The average Bonchev–Trinajstić information content (AvgIpc) is 2.45. The van der Waals surface area contributed by atoms with Gasteiger partial charge in [-0.25, -0.2) is 14.4 Å². The van der Waals surface area contributed by atoms with Gasteiger partial charge in [0.1, 0.15) is 0 Å². The van der Waals surface area contributed by atoms with Gasteiger partial charge < -0.3 is 18.9 Å². The summed E-state index contributed by atoms with van der Waals surface area (Å²) in [5.41, 5.74) is 0. The molecule has 0 unspecified atom stereocenters. The molecule has 0 aliphatic carbocycles. The van der Waals surface area contributed by atoms with E-state index in [0.717, 1.165) is 12.2 Å². The molecular weight excluding hydrogens is 292 g/mol. The first kappa shape index (κ1) is 24.7. The highest BCUT2D eigenvalue weighted by Crippen LogP contribution is 1.93. The van der Waals surface area contributed by atoms with Crippen LogP contribution in [0, 0.1) is 0 Å². The first-order valence-corrected chi connectivity index (χ1v) is 5.98. The van der Waals surface area contributed by atoms with Crippen molar-refractivity contribution in [3.63, 3.8) is 0 Å². The van der Waals surface area contributed by atoms with E-state index in [9.17, 15) is 14.4 Å². The Balaban J connectivity index is -0.00000180. The van der Waals surface area contributed by atoms with E-state index in [1.807, 2.05) is 0 Å². The summed E-state index contributed by atoms with van der Waals surface area (Å²) in [4.78, 5) is 32.4. The summed E-state index contributed by atoms with van der Waals surface area (Å²) in [6.45, 7) is 6.90. The highest BCUT2D eigenvalue weighted by atomic mass is 16.7. The number of rotatable bonds is 10. The minimum absolute atomic E-state index is 0. The summed E-state index contributed by atoms with van der Waals surface area (Å²) in [5.74, 6) is -1.05. The van der Waals surface area contributed by atoms with Crippen LogP contribution < -0.4 is 0 Å². The molecular formula is C15H26O7. The molecule has 0 heterocycles. The van der Waals surface area contributed by atoms with Crippen LogP contribution in [0.3, 0.4) is 0 Å². The van der Waals surface area contributed by atoms with Crippen LogP contribution in [0.1, 0.15) is 27.7 Å². The molecule has 128 valence electrons. The van der Waals surface area contributed by atoms with E-state index < -0.39 is 18.1 Å².